The van der Waals surface area contributed by atoms with Crippen molar-refractivity contribution >= 4 is 7.85 Å². The second kappa shape index (κ2) is 7.39. The van der Waals surface area contributed by atoms with E-state index in [9.17, 15) is 0 Å². The van der Waals surface area contributed by atoms with E-state index < -0.39 is 0 Å². The molecule has 0 aliphatic carbocycles. The van der Waals surface area contributed by atoms with Gasteiger partial charge < -0.3 is 9.47 Å². The molecule has 0 bridgehead atoms. The molecule has 0 aromatic heterocycles. The smallest absolute Gasteiger partial charge is 0.0805 e. The fraction of sp³-hybridized carbons (Fsp3) is 1.00. The monoisotopic (exact) mass is 184 g/mol. The van der Waals surface area contributed by atoms with E-state index >= 15 is 0 Å². The van der Waals surface area contributed by atoms with Crippen LogP contribution in [0.25, 0.3) is 0 Å². The van der Waals surface area contributed by atoms with Crippen LogP contribution in [0.15, 0.2) is 0 Å². The summed E-state index contributed by atoms with van der Waals surface area (Å²) in [6, 6.07) is 0. The molecule has 1 unspecified atom stereocenters. The van der Waals surface area contributed by atoms with E-state index in [0.29, 0.717) is 12.9 Å². The Morgan fingerprint density at radius 2 is 1.69 bits per heavy atom. The fourth-order valence-electron chi connectivity index (χ4n) is 1.06. The number of hydrogen-bond donors (Lipinski definition) is 0. The molecule has 76 valence electrons. The van der Waals surface area contributed by atoms with Crippen LogP contribution in [0.3, 0.4) is 0 Å². The van der Waals surface area contributed by atoms with Crippen LogP contribution in [0, 0.1) is 0 Å². The van der Waals surface area contributed by atoms with Crippen molar-refractivity contribution in [2.45, 2.75) is 58.7 Å². The molecule has 0 aromatic carbocycles. The normalized spacial score (nSPS) is 14.0. The lowest BCUT2D eigenvalue weighted by Crippen LogP contribution is -2.25. The largest absolute Gasteiger partial charge is 0.376 e. The van der Waals surface area contributed by atoms with Gasteiger partial charge in [0, 0.05) is 0 Å². The predicted octanol–water partition coefficient (Wildman–Crippen LogP) is 2.18. The molecule has 1 atom stereocenters. The first kappa shape index (κ1) is 13.0. The third-order valence-corrected chi connectivity index (χ3v) is 1.57. The second-order valence-electron chi connectivity index (χ2n) is 3.77. The highest BCUT2D eigenvalue weighted by molar-refractivity contribution is 6.08. The first-order valence-corrected chi connectivity index (χ1v) is 5.03. The molecule has 0 saturated carbocycles. The van der Waals surface area contributed by atoms with Gasteiger partial charge in [0.15, 0.2) is 0 Å². The summed E-state index contributed by atoms with van der Waals surface area (Å²) in [7, 11) is 5.48. The Labute approximate surface area is 83.4 Å². The van der Waals surface area contributed by atoms with E-state index in [2.05, 4.69) is 0 Å². The molecule has 0 heterocycles. The number of ether oxygens (including phenoxy) is 2. The van der Waals surface area contributed by atoms with Crippen LogP contribution in [-0.2, 0) is 9.47 Å². The summed E-state index contributed by atoms with van der Waals surface area (Å²) in [6.07, 6.45) is 2.17. The summed E-state index contributed by atoms with van der Waals surface area (Å²) < 4.78 is 11.1. The molecule has 2 radical (unpaired) electrons. The van der Waals surface area contributed by atoms with Crippen LogP contribution in [0.1, 0.15) is 34.1 Å². The SMILES string of the molecule is [B]CCC(COC(C)C)OC(C)C. The summed E-state index contributed by atoms with van der Waals surface area (Å²) in [5.41, 5.74) is 0. The maximum absolute atomic E-state index is 5.64. The molecule has 0 aromatic rings. The first-order chi connectivity index (χ1) is 6.06. The van der Waals surface area contributed by atoms with Gasteiger partial charge in [-0.05, 0) is 34.1 Å². The van der Waals surface area contributed by atoms with Crippen LogP contribution < -0.4 is 0 Å². The predicted molar refractivity (Wildman–Crippen MR) is 56.3 cm³/mol. The van der Waals surface area contributed by atoms with Gasteiger partial charge in [-0.15, -0.1) is 0 Å². The summed E-state index contributed by atoms with van der Waals surface area (Å²) in [6.45, 7) is 8.74. The Bertz CT molecular complexity index is 115. The lowest BCUT2D eigenvalue weighted by Gasteiger charge is -2.21. The van der Waals surface area contributed by atoms with Crippen molar-refractivity contribution in [3.8, 4) is 0 Å². The fourth-order valence-corrected chi connectivity index (χ4v) is 1.06. The summed E-state index contributed by atoms with van der Waals surface area (Å²) in [5.74, 6) is 0. The van der Waals surface area contributed by atoms with Gasteiger partial charge in [-0.25, -0.2) is 0 Å². The molecule has 0 rings (SSSR count). The Morgan fingerprint density at radius 3 is 2.08 bits per heavy atom. The highest BCUT2D eigenvalue weighted by Crippen LogP contribution is 2.06. The second-order valence-corrected chi connectivity index (χ2v) is 3.77. The van der Waals surface area contributed by atoms with E-state index in [1.165, 1.54) is 0 Å². The number of hydrogen-bond acceptors (Lipinski definition) is 2. The van der Waals surface area contributed by atoms with Crippen LogP contribution in [-0.4, -0.2) is 32.8 Å². The topological polar surface area (TPSA) is 18.5 Å². The minimum atomic E-state index is 0.146. The van der Waals surface area contributed by atoms with Gasteiger partial charge in [0.25, 0.3) is 0 Å². The van der Waals surface area contributed by atoms with Crippen LogP contribution in [0.2, 0.25) is 6.32 Å². The zero-order valence-electron chi connectivity index (χ0n) is 9.25. The van der Waals surface area contributed by atoms with Crippen molar-refractivity contribution in [3.63, 3.8) is 0 Å². The van der Waals surface area contributed by atoms with Crippen molar-refractivity contribution < 1.29 is 9.47 Å². The van der Waals surface area contributed by atoms with E-state index in [1.807, 2.05) is 27.7 Å². The lowest BCUT2D eigenvalue weighted by atomic mass is 9.99. The van der Waals surface area contributed by atoms with Gasteiger partial charge in [-0.1, -0.05) is 6.32 Å². The quantitative estimate of drug-likeness (QED) is 0.564. The third kappa shape index (κ3) is 8.32. The van der Waals surface area contributed by atoms with Crippen molar-refractivity contribution in [2.75, 3.05) is 6.61 Å². The minimum absolute atomic E-state index is 0.146. The van der Waals surface area contributed by atoms with Crippen molar-refractivity contribution in [1.82, 2.24) is 0 Å². The van der Waals surface area contributed by atoms with Crippen LogP contribution in [0.5, 0.6) is 0 Å². The molecule has 0 spiro atoms. The van der Waals surface area contributed by atoms with Gasteiger partial charge in [-0.2, -0.15) is 0 Å². The van der Waals surface area contributed by atoms with Crippen molar-refractivity contribution in [2.24, 2.45) is 0 Å². The summed E-state index contributed by atoms with van der Waals surface area (Å²) >= 11 is 0. The third-order valence-electron chi connectivity index (χ3n) is 1.57. The zero-order valence-corrected chi connectivity index (χ0v) is 9.25. The molecule has 0 saturated heterocycles. The highest BCUT2D eigenvalue weighted by Gasteiger charge is 2.10. The maximum Gasteiger partial charge on any atom is 0.0805 e. The Balaban J connectivity index is 3.66. The summed E-state index contributed by atoms with van der Waals surface area (Å²) in [5, 5.41) is 0. The van der Waals surface area contributed by atoms with E-state index in [-0.39, 0.29) is 18.3 Å². The molecule has 2 nitrogen and oxygen atoms in total. The molecule has 13 heavy (non-hydrogen) atoms. The molecule has 0 aliphatic heterocycles. The van der Waals surface area contributed by atoms with Crippen LogP contribution in [0.4, 0.5) is 0 Å². The molecule has 0 aliphatic rings. The minimum Gasteiger partial charge on any atom is -0.376 e. The Kier molecular flexibility index (Phi) is 7.39. The van der Waals surface area contributed by atoms with Crippen molar-refractivity contribution in [3.05, 3.63) is 0 Å². The zero-order chi connectivity index (χ0) is 10.3. The van der Waals surface area contributed by atoms with Gasteiger partial charge in [0.05, 0.1) is 32.8 Å². The van der Waals surface area contributed by atoms with E-state index in [4.69, 9.17) is 17.3 Å². The van der Waals surface area contributed by atoms with Gasteiger partial charge in [-0.3, -0.25) is 0 Å². The Hall–Kier alpha value is -0.0151. The molecular formula is C10H21BO2. The summed E-state index contributed by atoms with van der Waals surface area (Å²) in [4.78, 5) is 0. The van der Waals surface area contributed by atoms with E-state index in [0.717, 1.165) is 6.42 Å². The molecular weight excluding hydrogens is 163 g/mol. The van der Waals surface area contributed by atoms with Gasteiger partial charge in [0.1, 0.15) is 0 Å². The molecule has 3 heteroatoms. The lowest BCUT2D eigenvalue weighted by molar-refractivity contribution is -0.0592. The first-order valence-electron chi connectivity index (χ1n) is 5.03. The average molecular weight is 184 g/mol. The average Bonchev–Trinajstić information content (AvgIpc) is 1.99. The molecule has 0 fully saturated rings. The highest BCUT2D eigenvalue weighted by atomic mass is 16.5. The van der Waals surface area contributed by atoms with E-state index in [1.54, 1.807) is 0 Å². The van der Waals surface area contributed by atoms with Crippen molar-refractivity contribution in [1.29, 1.82) is 0 Å². The maximum atomic E-state index is 5.64. The molecule has 0 N–H and O–H groups in total. The standard InChI is InChI=1S/C10H21BO2/c1-8(2)12-7-10(5-6-11)13-9(3)4/h8-10H,5-7H2,1-4H3. The van der Waals surface area contributed by atoms with Crippen LogP contribution >= 0.6 is 0 Å². The molecule has 0 amide bonds. The van der Waals surface area contributed by atoms with Gasteiger partial charge >= 0.3 is 0 Å². The Morgan fingerprint density at radius 1 is 1.08 bits per heavy atom. The van der Waals surface area contributed by atoms with Gasteiger partial charge in [0.2, 0.25) is 0 Å². The number of rotatable bonds is 7.